The molecule has 0 heterocycles. The predicted octanol–water partition coefficient (Wildman–Crippen LogP) is 4.18. The number of rotatable bonds is 6. The topological polar surface area (TPSA) is 55.4 Å². The zero-order valence-electron chi connectivity index (χ0n) is 13.7. The van der Waals surface area contributed by atoms with E-state index in [-0.39, 0.29) is 18.6 Å². The van der Waals surface area contributed by atoms with Gasteiger partial charge in [0, 0.05) is 4.47 Å². The van der Waals surface area contributed by atoms with E-state index in [1.54, 1.807) is 12.1 Å². The average Bonchev–Trinajstić information content (AvgIpc) is 2.59. The molecule has 4 nitrogen and oxygen atoms in total. The Kier molecular flexibility index (Phi) is 6.55. The van der Waals surface area contributed by atoms with Crippen LogP contribution in [0.5, 0.6) is 0 Å². The standard InChI is InChI=1S/C19H20BrNO3/c1-3-17(14-8-10-16(20)11-9-14)21-18(22)12-24-19(23)15-6-4-13(2)5-7-15/h4-11,17H,3,12H2,1-2H3,(H,21,22)/t17-/m0/s1. The normalized spacial score (nSPS) is 11.6. The molecule has 1 N–H and O–H groups in total. The Morgan fingerprint density at radius 2 is 1.71 bits per heavy atom. The zero-order valence-corrected chi connectivity index (χ0v) is 15.3. The molecule has 0 fully saturated rings. The van der Waals surface area contributed by atoms with E-state index in [1.807, 2.05) is 50.2 Å². The summed E-state index contributed by atoms with van der Waals surface area (Å²) in [5.74, 6) is -0.813. The van der Waals surface area contributed by atoms with Gasteiger partial charge in [0.25, 0.3) is 5.91 Å². The smallest absolute Gasteiger partial charge is 0.338 e. The van der Waals surface area contributed by atoms with Gasteiger partial charge in [0.15, 0.2) is 6.61 Å². The second-order valence-electron chi connectivity index (χ2n) is 5.52. The lowest BCUT2D eigenvalue weighted by Crippen LogP contribution is -2.32. The summed E-state index contributed by atoms with van der Waals surface area (Å²) >= 11 is 3.39. The van der Waals surface area contributed by atoms with Crippen LogP contribution in [-0.2, 0) is 9.53 Å². The van der Waals surface area contributed by atoms with Gasteiger partial charge in [-0.05, 0) is 43.2 Å². The first-order chi connectivity index (χ1) is 11.5. The fraction of sp³-hybridized carbons (Fsp3) is 0.263. The Labute approximate surface area is 150 Å². The maximum atomic E-state index is 12.0. The zero-order chi connectivity index (χ0) is 17.5. The lowest BCUT2D eigenvalue weighted by atomic mass is 10.0. The minimum Gasteiger partial charge on any atom is -0.452 e. The van der Waals surface area contributed by atoms with Gasteiger partial charge in [-0.15, -0.1) is 0 Å². The number of amides is 1. The number of aryl methyl sites for hydroxylation is 1. The Hall–Kier alpha value is -2.14. The Morgan fingerprint density at radius 1 is 1.08 bits per heavy atom. The van der Waals surface area contributed by atoms with Crippen LogP contribution in [-0.4, -0.2) is 18.5 Å². The number of carbonyl (C=O) groups excluding carboxylic acids is 2. The van der Waals surface area contributed by atoms with Crippen molar-refractivity contribution in [1.82, 2.24) is 5.32 Å². The molecular weight excluding hydrogens is 370 g/mol. The summed E-state index contributed by atoms with van der Waals surface area (Å²) in [6, 6.07) is 14.7. The summed E-state index contributed by atoms with van der Waals surface area (Å²) < 4.78 is 6.06. The molecule has 0 aliphatic heterocycles. The fourth-order valence-electron chi connectivity index (χ4n) is 2.26. The predicted molar refractivity (Wildman–Crippen MR) is 96.8 cm³/mol. The minimum atomic E-state index is -0.498. The van der Waals surface area contributed by atoms with E-state index in [2.05, 4.69) is 21.2 Å². The molecule has 5 heteroatoms. The Morgan fingerprint density at radius 3 is 2.29 bits per heavy atom. The SMILES string of the molecule is CC[C@H](NC(=O)COC(=O)c1ccc(C)cc1)c1ccc(Br)cc1. The van der Waals surface area contributed by atoms with Crippen molar-refractivity contribution >= 4 is 27.8 Å². The van der Waals surface area contributed by atoms with Crippen LogP contribution < -0.4 is 5.32 Å². The lowest BCUT2D eigenvalue weighted by molar-refractivity contribution is -0.125. The Balaban J connectivity index is 1.88. The summed E-state index contributed by atoms with van der Waals surface area (Å²) in [5, 5.41) is 2.89. The van der Waals surface area contributed by atoms with Crippen LogP contribution in [0.25, 0.3) is 0 Å². The first-order valence-electron chi connectivity index (χ1n) is 7.78. The molecule has 0 bridgehead atoms. The van der Waals surface area contributed by atoms with Crippen LogP contribution in [0.2, 0.25) is 0 Å². The number of hydrogen-bond acceptors (Lipinski definition) is 3. The maximum absolute atomic E-state index is 12.0. The molecule has 0 aromatic heterocycles. The van der Waals surface area contributed by atoms with Crippen LogP contribution in [0.1, 0.15) is 40.9 Å². The van der Waals surface area contributed by atoms with Crippen molar-refractivity contribution < 1.29 is 14.3 Å². The van der Waals surface area contributed by atoms with Crippen molar-refractivity contribution in [3.05, 3.63) is 69.7 Å². The number of esters is 1. The van der Waals surface area contributed by atoms with E-state index in [0.717, 1.165) is 22.0 Å². The number of hydrogen-bond donors (Lipinski definition) is 1. The van der Waals surface area contributed by atoms with E-state index in [9.17, 15) is 9.59 Å². The van der Waals surface area contributed by atoms with Gasteiger partial charge in [0.05, 0.1) is 11.6 Å². The highest BCUT2D eigenvalue weighted by atomic mass is 79.9. The van der Waals surface area contributed by atoms with Crippen molar-refractivity contribution in [2.75, 3.05) is 6.61 Å². The number of carbonyl (C=O) groups is 2. The maximum Gasteiger partial charge on any atom is 0.338 e. The molecule has 24 heavy (non-hydrogen) atoms. The minimum absolute atomic E-state index is 0.108. The molecule has 0 spiro atoms. The van der Waals surface area contributed by atoms with Crippen molar-refractivity contribution in [3.8, 4) is 0 Å². The molecule has 0 radical (unpaired) electrons. The lowest BCUT2D eigenvalue weighted by Gasteiger charge is -2.17. The molecule has 2 rings (SSSR count). The first-order valence-corrected chi connectivity index (χ1v) is 8.57. The van der Waals surface area contributed by atoms with E-state index in [4.69, 9.17) is 4.74 Å². The molecule has 1 atom stereocenters. The molecule has 1 amide bonds. The van der Waals surface area contributed by atoms with E-state index >= 15 is 0 Å². The summed E-state index contributed by atoms with van der Waals surface area (Å²) in [5.41, 5.74) is 2.51. The van der Waals surface area contributed by atoms with Crippen LogP contribution >= 0.6 is 15.9 Å². The number of halogens is 1. The monoisotopic (exact) mass is 389 g/mol. The number of benzene rings is 2. The molecule has 126 valence electrons. The van der Waals surface area contributed by atoms with Gasteiger partial charge in [-0.3, -0.25) is 4.79 Å². The van der Waals surface area contributed by atoms with E-state index in [0.29, 0.717) is 5.56 Å². The van der Waals surface area contributed by atoms with Crippen molar-refractivity contribution in [2.24, 2.45) is 0 Å². The highest BCUT2D eigenvalue weighted by Gasteiger charge is 2.15. The third-order valence-electron chi connectivity index (χ3n) is 3.64. The third-order valence-corrected chi connectivity index (χ3v) is 4.17. The van der Waals surface area contributed by atoms with Crippen LogP contribution in [0.3, 0.4) is 0 Å². The van der Waals surface area contributed by atoms with Gasteiger partial charge < -0.3 is 10.1 Å². The van der Waals surface area contributed by atoms with Crippen molar-refractivity contribution in [3.63, 3.8) is 0 Å². The van der Waals surface area contributed by atoms with Crippen LogP contribution in [0.4, 0.5) is 0 Å². The second-order valence-corrected chi connectivity index (χ2v) is 6.44. The first kappa shape index (κ1) is 18.2. The van der Waals surface area contributed by atoms with Gasteiger partial charge in [0.1, 0.15) is 0 Å². The Bertz CT molecular complexity index is 696. The third kappa shape index (κ3) is 5.20. The summed E-state index contributed by atoms with van der Waals surface area (Å²) in [4.78, 5) is 24.0. The van der Waals surface area contributed by atoms with Crippen molar-refractivity contribution in [1.29, 1.82) is 0 Å². The summed E-state index contributed by atoms with van der Waals surface area (Å²) in [6.07, 6.45) is 0.749. The van der Waals surface area contributed by atoms with Gasteiger partial charge in [0.2, 0.25) is 0 Å². The fourth-order valence-corrected chi connectivity index (χ4v) is 2.52. The van der Waals surface area contributed by atoms with E-state index in [1.165, 1.54) is 0 Å². The average molecular weight is 390 g/mol. The number of ether oxygens (including phenoxy) is 1. The second kappa shape index (κ2) is 8.64. The quantitative estimate of drug-likeness (QED) is 0.753. The highest BCUT2D eigenvalue weighted by molar-refractivity contribution is 9.10. The van der Waals surface area contributed by atoms with Gasteiger partial charge in [-0.1, -0.05) is 52.7 Å². The molecule has 0 aliphatic carbocycles. The highest BCUT2D eigenvalue weighted by Crippen LogP contribution is 2.19. The van der Waals surface area contributed by atoms with Crippen LogP contribution in [0, 0.1) is 6.92 Å². The molecule has 0 saturated carbocycles. The largest absolute Gasteiger partial charge is 0.452 e. The number of nitrogens with one attached hydrogen (secondary N) is 1. The van der Waals surface area contributed by atoms with Gasteiger partial charge in [-0.2, -0.15) is 0 Å². The van der Waals surface area contributed by atoms with Crippen LogP contribution in [0.15, 0.2) is 53.0 Å². The summed E-state index contributed by atoms with van der Waals surface area (Å²) in [6.45, 7) is 3.64. The molecular formula is C19H20BrNO3. The van der Waals surface area contributed by atoms with Crippen molar-refractivity contribution in [2.45, 2.75) is 26.3 Å². The molecule has 0 aliphatic rings. The molecule has 0 unspecified atom stereocenters. The van der Waals surface area contributed by atoms with Gasteiger partial charge in [-0.25, -0.2) is 4.79 Å². The van der Waals surface area contributed by atoms with E-state index < -0.39 is 5.97 Å². The molecule has 2 aromatic rings. The molecule has 0 saturated heterocycles. The summed E-state index contributed by atoms with van der Waals surface area (Å²) in [7, 11) is 0. The molecule has 2 aromatic carbocycles. The van der Waals surface area contributed by atoms with Gasteiger partial charge >= 0.3 is 5.97 Å².